The molecule has 0 aromatic rings. The Morgan fingerprint density at radius 2 is 1.75 bits per heavy atom. The first-order valence-corrected chi connectivity index (χ1v) is 6.08. The van der Waals surface area contributed by atoms with Gasteiger partial charge in [0.05, 0.1) is 25.2 Å². The number of Topliss-reactive ketones (excluding diaryl/α,β-unsaturated/α-hetero) is 1. The van der Waals surface area contributed by atoms with Crippen LogP contribution >= 0.6 is 0 Å². The molecule has 0 aromatic carbocycles. The van der Waals surface area contributed by atoms with E-state index >= 15 is 0 Å². The van der Waals surface area contributed by atoms with Crippen molar-refractivity contribution in [2.75, 3.05) is 19.8 Å². The third-order valence-electron chi connectivity index (χ3n) is 4.00. The number of aliphatic hydroxyl groups is 1. The second-order valence-electron chi connectivity index (χ2n) is 4.82. The van der Waals surface area contributed by atoms with Gasteiger partial charge in [0.25, 0.3) is 0 Å². The molecule has 2 rings (SSSR count). The zero-order valence-electron chi connectivity index (χ0n) is 9.83. The minimum Gasteiger partial charge on any atom is -0.395 e. The zero-order chi connectivity index (χ0) is 11.6. The number of carbonyl (C=O) groups excluding carboxylic acids is 1. The van der Waals surface area contributed by atoms with E-state index in [0.717, 1.165) is 12.8 Å². The van der Waals surface area contributed by atoms with Gasteiger partial charge in [0.1, 0.15) is 5.78 Å². The highest BCUT2D eigenvalue weighted by Crippen LogP contribution is 2.45. The molecule has 1 aliphatic heterocycles. The fraction of sp³-hybridized carbons (Fsp3) is 0.917. The van der Waals surface area contributed by atoms with E-state index in [1.807, 2.05) is 6.92 Å². The number of aliphatic hydroxyl groups excluding tert-OH is 1. The molecule has 1 saturated carbocycles. The Balaban J connectivity index is 2.03. The lowest BCUT2D eigenvalue weighted by molar-refractivity contribution is -0.195. The van der Waals surface area contributed by atoms with Crippen molar-refractivity contribution in [1.29, 1.82) is 0 Å². The number of ether oxygens (including phenoxy) is 2. The highest BCUT2D eigenvalue weighted by Gasteiger charge is 2.48. The van der Waals surface area contributed by atoms with Gasteiger partial charge < -0.3 is 14.6 Å². The summed E-state index contributed by atoms with van der Waals surface area (Å²) in [6.45, 7) is 3.10. The van der Waals surface area contributed by atoms with Gasteiger partial charge in [-0.3, -0.25) is 4.79 Å². The summed E-state index contributed by atoms with van der Waals surface area (Å²) >= 11 is 0. The molecule has 4 heteroatoms. The smallest absolute Gasteiger partial charge is 0.168 e. The Bertz CT molecular complexity index is 258. The predicted octanol–water partition coefficient (Wildman–Crippen LogP) is 1.26. The summed E-state index contributed by atoms with van der Waals surface area (Å²) in [5.74, 6) is -0.282. The van der Waals surface area contributed by atoms with Gasteiger partial charge in [-0.15, -0.1) is 0 Å². The molecule has 0 amide bonds. The van der Waals surface area contributed by atoms with Crippen molar-refractivity contribution in [2.45, 2.75) is 44.8 Å². The number of rotatable bonds is 3. The van der Waals surface area contributed by atoms with Crippen molar-refractivity contribution in [3.8, 4) is 0 Å². The second-order valence-corrected chi connectivity index (χ2v) is 4.82. The van der Waals surface area contributed by atoms with Crippen molar-refractivity contribution in [2.24, 2.45) is 5.41 Å². The molecule has 1 heterocycles. The number of hydrogen-bond acceptors (Lipinski definition) is 4. The zero-order valence-corrected chi connectivity index (χ0v) is 9.83. The highest BCUT2D eigenvalue weighted by molar-refractivity contribution is 5.84. The molecule has 92 valence electrons. The summed E-state index contributed by atoms with van der Waals surface area (Å²) in [7, 11) is 0. The van der Waals surface area contributed by atoms with Crippen LogP contribution in [0.2, 0.25) is 0 Å². The molecular weight excluding hydrogens is 208 g/mol. The van der Waals surface area contributed by atoms with Crippen LogP contribution in [0.5, 0.6) is 0 Å². The SMILES string of the molecule is CCC(=O)C1(CO)CCC2(CC1)OCCO2. The van der Waals surface area contributed by atoms with Gasteiger partial charge in [-0.25, -0.2) is 0 Å². The third-order valence-corrected chi connectivity index (χ3v) is 4.00. The van der Waals surface area contributed by atoms with Crippen molar-refractivity contribution in [3.05, 3.63) is 0 Å². The van der Waals surface area contributed by atoms with Crippen LogP contribution in [0.3, 0.4) is 0 Å². The average molecular weight is 228 g/mol. The van der Waals surface area contributed by atoms with Gasteiger partial charge in [-0.05, 0) is 12.8 Å². The monoisotopic (exact) mass is 228 g/mol. The summed E-state index contributed by atoms with van der Waals surface area (Å²) in [6.07, 6.45) is 3.29. The largest absolute Gasteiger partial charge is 0.395 e. The lowest BCUT2D eigenvalue weighted by atomic mass is 9.69. The summed E-state index contributed by atoms with van der Waals surface area (Å²) in [4.78, 5) is 11.9. The molecule has 1 N–H and O–H groups in total. The van der Waals surface area contributed by atoms with Crippen LogP contribution in [0.4, 0.5) is 0 Å². The van der Waals surface area contributed by atoms with Crippen molar-refractivity contribution < 1.29 is 19.4 Å². The minimum absolute atomic E-state index is 0.0459. The maximum Gasteiger partial charge on any atom is 0.168 e. The highest BCUT2D eigenvalue weighted by atomic mass is 16.7. The first-order valence-electron chi connectivity index (χ1n) is 6.08. The molecule has 0 radical (unpaired) electrons. The minimum atomic E-state index is -0.532. The van der Waals surface area contributed by atoms with Crippen molar-refractivity contribution in [1.82, 2.24) is 0 Å². The fourth-order valence-corrected chi connectivity index (χ4v) is 2.80. The maximum atomic E-state index is 11.9. The van der Waals surface area contributed by atoms with E-state index in [1.54, 1.807) is 0 Å². The average Bonchev–Trinajstić information content (AvgIpc) is 2.78. The van der Waals surface area contributed by atoms with E-state index < -0.39 is 11.2 Å². The van der Waals surface area contributed by atoms with Gasteiger partial charge >= 0.3 is 0 Å². The topological polar surface area (TPSA) is 55.8 Å². The fourth-order valence-electron chi connectivity index (χ4n) is 2.80. The van der Waals surface area contributed by atoms with Gasteiger partial charge in [-0.1, -0.05) is 6.92 Å². The van der Waals surface area contributed by atoms with E-state index in [2.05, 4.69) is 0 Å². The number of ketones is 1. The van der Waals surface area contributed by atoms with Gasteiger partial charge in [0.2, 0.25) is 0 Å². The second kappa shape index (κ2) is 4.43. The molecule has 4 nitrogen and oxygen atoms in total. The first kappa shape index (κ1) is 12.0. The molecule has 1 aliphatic carbocycles. The standard InChI is InChI=1S/C12H20O4/c1-2-10(14)11(9-13)3-5-12(6-4-11)15-7-8-16-12/h13H,2-9H2,1H3. The summed E-state index contributed by atoms with van der Waals surface area (Å²) < 4.78 is 11.2. The third kappa shape index (κ3) is 1.90. The Hall–Kier alpha value is -0.450. The lowest BCUT2D eigenvalue weighted by Gasteiger charge is -2.41. The molecule has 0 aromatic heterocycles. The van der Waals surface area contributed by atoms with Crippen LogP contribution in [0.25, 0.3) is 0 Å². The molecule has 1 saturated heterocycles. The van der Waals surface area contributed by atoms with E-state index in [-0.39, 0.29) is 12.4 Å². The molecule has 16 heavy (non-hydrogen) atoms. The van der Waals surface area contributed by atoms with E-state index in [1.165, 1.54) is 0 Å². The molecule has 0 unspecified atom stereocenters. The van der Waals surface area contributed by atoms with Crippen LogP contribution in [-0.2, 0) is 14.3 Å². The van der Waals surface area contributed by atoms with E-state index in [4.69, 9.17) is 9.47 Å². The molecule has 2 aliphatic rings. The normalized spacial score (nSPS) is 27.1. The Labute approximate surface area is 95.9 Å². The Morgan fingerprint density at radius 1 is 1.19 bits per heavy atom. The van der Waals surface area contributed by atoms with Crippen LogP contribution in [0, 0.1) is 5.41 Å². The Morgan fingerprint density at radius 3 is 2.19 bits per heavy atom. The van der Waals surface area contributed by atoms with Crippen molar-refractivity contribution in [3.63, 3.8) is 0 Å². The summed E-state index contributed by atoms with van der Waals surface area (Å²) in [5.41, 5.74) is -0.532. The summed E-state index contributed by atoms with van der Waals surface area (Å²) in [5, 5.41) is 9.47. The Kier molecular flexibility index (Phi) is 3.33. The van der Waals surface area contributed by atoms with Gasteiger partial charge in [0.15, 0.2) is 5.79 Å². The number of hydrogen-bond donors (Lipinski definition) is 1. The summed E-state index contributed by atoms with van der Waals surface area (Å²) in [6, 6.07) is 0. The van der Waals surface area contributed by atoms with Crippen LogP contribution in [0.1, 0.15) is 39.0 Å². The van der Waals surface area contributed by atoms with Gasteiger partial charge in [-0.2, -0.15) is 0 Å². The molecular formula is C12H20O4. The van der Waals surface area contributed by atoms with Crippen molar-refractivity contribution >= 4 is 5.78 Å². The predicted molar refractivity (Wildman–Crippen MR) is 57.9 cm³/mol. The lowest BCUT2D eigenvalue weighted by Crippen LogP contribution is -2.45. The van der Waals surface area contributed by atoms with E-state index in [0.29, 0.717) is 32.5 Å². The molecule has 2 fully saturated rings. The molecule has 0 atom stereocenters. The van der Waals surface area contributed by atoms with E-state index in [9.17, 15) is 9.90 Å². The van der Waals surface area contributed by atoms with Crippen LogP contribution in [0.15, 0.2) is 0 Å². The first-order chi connectivity index (χ1) is 7.66. The maximum absolute atomic E-state index is 11.9. The number of carbonyl (C=O) groups is 1. The molecule has 0 bridgehead atoms. The quantitative estimate of drug-likeness (QED) is 0.790. The molecule has 1 spiro atoms. The van der Waals surface area contributed by atoms with Crippen LogP contribution < -0.4 is 0 Å². The van der Waals surface area contributed by atoms with Crippen LogP contribution in [-0.4, -0.2) is 36.5 Å². The van der Waals surface area contributed by atoms with Gasteiger partial charge in [0, 0.05) is 19.3 Å².